The average Bonchev–Trinajstić information content (AvgIpc) is 2.69. The van der Waals surface area contributed by atoms with Crippen molar-refractivity contribution in [2.45, 2.75) is 13.0 Å². The predicted molar refractivity (Wildman–Crippen MR) is 103 cm³/mol. The molecule has 5 nitrogen and oxygen atoms in total. The van der Waals surface area contributed by atoms with Gasteiger partial charge in [-0.2, -0.15) is 0 Å². The summed E-state index contributed by atoms with van der Waals surface area (Å²) < 4.78 is 29.8. The molecule has 0 radical (unpaired) electrons. The lowest BCUT2D eigenvalue weighted by Gasteiger charge is -2.22. The van der Waals surface area contributed by atoms with Crippen LogP contribution in [0.4, 0.5) is 0 Å². The Hall–Kier alpha value is -2.88. The number of para-hydroxylation sites is 2. The van der Waals surface area contributed by atoms with Gasteiger partial charge in [-0.3, -0.25) is 9.32 Å². The number of carbonyl (C=O) groups excluding carboxylic acids is 1. The molecule has 0 heterocycles. The van der Waals surface area contributed by atoms with Gasteiger partial charge in [0.15, 0.2) is 5.78 Å². The maximum absolute atomic E-state index is 13.3. The normalized spacial score (nSPS) is 12.2. The average molecular weight is 382 g/mol. The molecule has 0 unspecified atom stereocenters. The molecular weight excluding hydrogens is 363 g/mol. The summed E-state index contributed by atoms with van der Waals surface area (Å²) in [4.78, 5) is 12.6. The quantitative estimate of drug-likeness (QED) is 0.378. The van der Waals surface area contributed by atoms with Crippen molar-refractivity contribution in [1.29, 1.82) is 0 Å². The number of hydrogen-bond donors (Lipinski definition) is 0. The van der Waals surface area contributed by atoms with Crippen molar-refractivity contribution in [3.63, 3.8) is 0 Å². The van der Waals surface area contributed by atoms with Crippen molar-refractivity contribution in [1.82, 2.24) is 0 Å². The van der Waals surface area contributed by atoms with E-state index in [1.165, 1.54) is 6.92 Å². The molecule has 0 aliphatic rings. The Morgan fingerprint density at radius 3 is 1.59 bits per heavy atom. The van der Waals surface area contributed by atoms with Gasteiger partial charge in [-0.15, -0.1) is 0 Å². The van der Waals surface area contributed by atoms with Crippen molar-refractivity contribution >= 4 is 13.6 Å². The van der Waals surface area contributed by atoms with Crippen molar-refractivity contribution in [2.24, 2.45) is 0 Å². The van der Waals surface area contributed by atoms with Crippen LogP contribution >= 0.6 is 7.82 Å². The van der Waals surface area contributed by atoms with E-state index < -0.39 is 13.9 Å². The van der Waals surface area contributed by atoms with Crippen LogP contribution in [0.15, 0.2) is 91.0 Å². The summed E-state index contributed by atoms with van der Waals surface area (Å²) in [6.07, 6.45) is -1.02. The standard InChI is InChI=1S/C21H19O5P/c1-17(21(22)18-11-5-2-6-12-18)24-27(23,25-19-13-7-3-8-14-19)26-20-15-9-4-10-16-20/h2-17H,1H3/t17-/m1/s1. The number of rotatable bonds is 8. The minimum Gasteiger partial charge on any atom is -0.395 e. The lowest BCUT2D eigenvalue weighted by atomic mass is 10.1. The van der Waals surface area contributed by atoms with Gasteiger partial charge < -0.3 is 9.05 Å². The second-order valence-corrected chi connectivity index (χ2v) is 7.20. The molecule has 0 fully saturated rings. The maximum Gasteiger partial charge on any atom is 0.588 e. The Bertz CT molecular complexity index is 868. The van der Waals surface area contributed by atoms with Gasteiger partial charge in [0.25, 0.3) is 0 Å². The van der Waals surface area contributed by atoms with E-state index in [2.05, 4.69) is 0 Å². The number of phosphoric ester groups is 1. The SMILES string of the molecule is C[C@@H](OP(=O)(Oc1ccccc1)Oc1ccccc1)C(=O)c1ccccc1. The molecule has 3 aromatic carbocycles. The van der Waals surface area contributed by atoms with Gasteiger partial charge >= 0.3 is 7.82 Å². The molecule has 0 amide bonds. The van der Waals surface area contributed by atoms with E-state index in [1.807, 2.05) is 6.07 Å². The van der Waals surface area contributed by atoms with E-state index in [9.17, 15) is 9.36 Å². The lowest BCUT2D eigenvalue weighted by molar-refractivity contribution is 0.0761. The highest BCUT2D eigenvalue weighted by molar-refractivity contribution is 7.49. The van der Waals surface area contributed by atoms with Crippen LogP contribution in [0.25, 0.3) is 0 Å². The highest BCUT2D eigenvalue weighted by Crippen LogP contribution is 2.50. The Balaban J connectivity index is 1.82. The number of phosphoric acid groups is 1. The molecule has 138 valence electrons. The van der Waals surface area contributed by atoms with Gasteiger partial charge in [0.05, 0.1) is 0 Å². The fraction of sp³-hybridized carbons (Fsp3) is 0.0952. The zero-order valence-electron chi connectivity index (χ0n) is 14.7. The Labute approximate surface area is 158 Å². The molecule has 0 aliphatic heterocycles. The smallest absolute Gasteiger partial charge is 0.395 e. The Morgan fingerprint density at radius 1 is 0.741 bits per heavy atom. The minimum absolute atomic E-state index is 0.316. The van der Waals surface area contributed by atoms with Gasteiger partial charge in [0.1, 0.15) is 17.6 Å². The summed E-state index contributed by atoms with van der Waals surface area (Å²) in [5, 5.41) is 0. The zero-order chi connectivity index (χ0) is 19.1. The van der Waals surface area contributed by atoms with Crippen LogP contribution < -0.4 is 9.05 Å². The Morgan fingerprint density at radius 2 is 1.15 bits per heavy atom. The number of hydrogen-bond acceptors (Lipinski definition) is 5. The van der Waals surface area contributed by atoms with E-state index in [-0.39, 0.29) is 5.78 Å². The maximum atomic E-state index is 13.3. The van der Waals surface area contributed by atoms with E-state index in [4.69, 9.17) is 13.6 Å². The highest BCUT2D eigenvalue weighted by Gasteiger charge is 2.35. The lowest BCUT2D eigenvalue weighted by Crippen LogP contribution is -2.22. The monoisotopic (exact) mass is 382 g/mol. The first-order valence-electron chi connectivity index (χ1n) is 8.43. The van der Waals surface area contributed by atoms with Crippen LogP contribution in [0.2, 0.25) is 0 Å². The third-order valence-electron chi connectivity index (χ3n) is 3.64. The van der Waals surface area contributed by atoms with E-state index >= 15 is 0 Å². The van der Waals surface area contributed by atoms with Crippen LogP contribution in [0.1, 0.15) is 17.3 Å². The van der Waals surface area contributed by atoms with Crippen molar-refractivity contribution in [3.8, 4) is 11.5 Å². The van der Waals surface area contributed by atoms with Crippen LogP contribution in [0, 0.1) is 0 Å². The molecule has 0 aromatic heterocycles. The van der Waals surface area contributed by atoms with E-state index in [0.717, 1.165) is 0 Å². The molecule has 0 N–H and O–H groups in total. The number of ketones is 1. The van der Waals surface area contributed by atoms with Gasteiger partial charge in [-0.1, -0.05) is 66.7 Å². The molecular formula is C21H19O5P. The molecule has 0 bridgehead atoms. The van der Waals surface area contributed by atoms with Gasteiger partial charge in [0, 0.05) is 5.56 Å². The second-order valence-electron chi connectivity index (χ2n) is 5.73. The fourth-order valence-electron chi connectivity index (χ4n) is 2.36. The van der Waals surface area contributed by atoms with E-state index in [1.54, 1.807) is 84.9 Å². The number of Topliss-reactive ketones (excluding diaryl/α,β-unsaturated/α-hetero) is 1. The summed E-state index contributed by atoms with van der Waals surface area (Å²) in [6.45, 7) is 1.52. The first kappa shape index (κ1) is 18.9. The Kier molecular flexibility index (Phi) is 6.07. The molecule has 1 atom stereocenters. The van der Waals surface area contributed by atoms with Crippen LogP contribution in [-0.4, -0.2) is 11.9 Å². The van der Waals surface area contributed by atoms with Gasteiger partial charge in [-0.05, 0) is 31.2 Å². The number of carbonyl (C=O) groups is 1. The topological polar surface area (TPSA) is 61.8 Å². The van der Waals surface area contributed by atoms with Crippen LogP contribution in [-0.2, 0) is 9.09 Å². The first-order chi connectivity index (χ1) is 13.1. The molecule has 0 saturated carbocycles. The predicted octanol–water partition coefficient (Wildman–Crippen LogP) is 5.54. The first-order valence-corrected chi connectivity index (χ1v) is 9.89. The molecule has 6 heteroatoms. The zero-order valence-corrected chi connectivity index (χ0v) is 15.6. The summed E-state index contributed by atoms with van der Waals surface area (Å²) in [5.74, 6) is 0.316. The summed E-state index contributed by atoms with van der Waals surface area (Å²) >= 11 is 0. The third-order valence-corrected chi connectivity index (χ3v) is 5.08. The minimum atomic E-state index is -4.11. The van der Waals surface area contributed by atoms with Crippen LogP contribution in [0.5, 0.6) is 11.5 Å². The third kappa shape index (κ3) is 5.30. The molecule has 0 aliphatic carbocycles. The second kappa shape index (κ2) is 8.67. The molecule has 3 rings (SSSR count). The van der Waals surface area contributed by atoms with Crippen molar-refractivity contribution < 1.29 is 22.9 Å². The molecule has 0 spiro atoms. The largest absolute Gasteiger partial charge is 0.588 e. The summed E-state index contributed by atoms with van der Waals surface area (Å²) in [5.41, 5.74) is 0.455. The van der Waals surface area contributed by atoms with Gasteiger partial charge in [-0.25, -0.2) is 4.57 Å². The van der Waals surface area contributed by atoms with Crippen molar-refractivity contribution in [2.75, 3.05) is 0 Å². The van der Waals surface area contributed by atoms with Crippen molar-refractivity contribution in [3.05, 3.63) is 96.6 Å². The fourth-order valence-corrected chi connectivity index (χ4v) is 3.73. The molecule has 27 heavy (non-hydrogen) atoms. The van der Waals surface area contributed by atoms with Crippen LogP contribution in [0.3, 0.4) is 0 Å². The van der Waals surface area contributed by atoms with Gasteiger partial charge in [0.2, 0.25) is 0 Å². The van der Waals surface area contributed by atoms with E-state index in [0.29, 0.717) is 17.1 Å². The molecule has 0 saturated heterocycles. The summed E-state index contributed by atoms with van der Waals surface area (Å²) in [6, 6.07) is 25.7. The molecule has 3 aromatic rings. The number of benzene rings is 3. The summed E-state index contributed by atoms with van der Waals surface area (Å²) in [7, 11) is -4.11. The highest BCUT2D eigenvalue weighted by atomic mass is 31.2.